The predicted octanol–water partition coefficient (Wildman–Crippen LogP) is 2.24. The zero-order valence-corrected chi connectivity index (χ0v) is 10.2. The van der Waals surface area contributed by atoms with Gasteiger partial charge in [0.1, 0.15) is 12.4 Å². The second kappa shape index (κ2) is 5.92. The van der Waals surface area contributed by atoms with Crippen LogP contribution in [-0.2, 0) is 11.4 Å². The molecule has 0 bridgehead atoms. The van der Waals surface area contributed by atoms with Crippen molar-refractivity contribution in [2.75, 3.05) is 19.7 Å². The number of aromatic nitrogens is 1. The van der Waals surface area contributed by atoms with Gasteiger partial charge in [0.05, 0.1) is 20.3 Å². The van der Waals surface area contributed by atoms with E-state index in [1.54, 1.807) is 13.2 Å². The maximum Gasteiger partial charge on any atom is 0.256 e. The Hall–Kier alpha value is -2.21. The van der Waals surface area contributed by atoms with Gasteiger partial charge in [0.15, 0.2) is 0 Å². The SMILES string of the molecule is CONc1cc(OCc2ccc(OC)cc2)no1. The highest BCUT2D eigenvalue weighted by molar-refractivity contribution is 5.32. The summed E-state index contributed by atoms with van der Waals surface area (Å²) in [6.45, 7) is 0.406. The molecule has 0 aliphatic carbocycles. The molecule has 0 aliphatic heterocycles. The molecule has 6 heteroatoms. The van der Waals surface area contributed by atoms with Gasteiger partial charge in [-0.1, -0.05) is 12.1 Å². The van der Waals surface area contributed by atoms with Gasteiger partial charge in [0.25, 0.3) is 11.8 Å². The van der Waals surface area contributed by atoms with Crippen molar-refractivity contribution in [1.29, 1.82) is 0 Å². The van der Waals surface area contributed by atoms with Crippen LogP contribution in [0.2, 0.25) is 0 Å². The molecule has 0 radical (unpaired) electrons. The highest BCUT2D eigenvalue weighted by Crippen LogP contribution is 2.18. The highest BCUT2D eigenvalue weighted by atomic mass is 16.7. The monoisotopic (exact) mass is 250 g/mol. The van der Waals surface area contributed by atoms with Crippen molar-refractivity contribution < 1.29 is 18.8 Å². The normalized spacial score (nSPS) is 10.1. The van der Waals surface area contributed by atoms with E-state index in [2.05, 4.69) is 15.5 Å². The van der Waals surface area contributed by atoms with E-state index < -0.39 is 0 Å². The average Bonchev–Trinajstić information content (AvgIpc) is 2.85. The third kappa shape index (κ3) is 3.14. The Morgan fingerprint density at radius 2 is 2.00 bits per heavy atom. The molecule has 1 aromatic carbocycles. The molecule has 0 unspecified atom stereocenters. The molecule has 0 atom stereocenters. The first-order valence-electron chi connectivity index (χ1n) is 5.33. The van der Waals surface area contributed by atoms with E-state index >= 15 is 0 Å². The molecule has 0 fully saturated rings. The molecule has 0 amide bonds. The average molecular weight is 250 g/mol. The van der Waals surface area contributed by atoms with Crippen molar-refractivity contribution >= 4 is 5.88 Å². The number of hydrogen-bond acceptors (Lipinski definition) is 6. The van der Waals surface area contributed by atoms with Crippen LogP contribution in [0, 0.1) is 0 Å². The van der Waals surface area contributed by atoms with E-state index in [9.17, 15) is 0 Å². The number of nitrogens with zero attached hydrogens (tertiary/aromatic N) is 1. The Morgan fingerprint density at radius 1 is 1.22 bits per heavy atom. The van der Waals surface area contributed by atoms with Crippen molar-refractivity contribution in [2.24, 2.45) is 0 Å². The van der Waals surface area contributed by atoms with Gasteiger partial charge in [-0.3, -0.25) is 4.84 Å². The minimum atomic E-state index is 0.391. The van der Waals surface area contributed by atoms with Gasteiger partial charge in [-0.05, 0) is 22.9 Å². The molecule has 0 spiro atoms. The molecule has 6 nitrogen and oxygen atoms in total. The zero-order chi connectivity index (χ0) is 12.8. The Balaban J connectivity index is 1.89. The molecule has 0 aliphatic rings. The third-order valence-corrected chi connectivity index (χ3v) is 2.24. The number of methoxy groups -OCH3 is 1. The van der Waals surface area contributed by atoms with E-state index in [4.69, 9.17) is 14.0 Å². The summed E-state index contributed by atoms with van der Waals surface area (Å²) in [7, 11) is 3.12. The minimum absolute atomic E-state index is 0.391. The predicted molar refractivity (Wildman–Crippen MR) is 64.5 cm³/mol. The Morgan fingerprint density at radius 3 is 2.67 bits per heavy atom. The van der Waals surface area contributed by atoms with Crippen LogP contribution in [0.15, 0.2) is 34.9 Å². The second-order valence-electron chi connectivity index (χ2n) is 3.47. The van der Waals surface area contributed by atoms with E-state index in [0.717, 1.165) is 11.3 Å². The van der Waals surface area contributed by atoms with Crippen LogP contribution < -0.4 is 15.0 Å². The van der Waals surface area contributed by atoms with Crippen molar-refractivity contribution in [3.63, 3.8) is 0 Å². The van der Waals surface area contributed by atoms with Gasteiger partial charge in [-0.2, -0.15) is 0 Å². The maximum atomic E-state index is 5.45. The minimum Gasteiger partial charge on any atom is -0.497 e. The Bertz CT molecular complexity index is 481. The van der Waals surface area contributed by atoms with Gasteiger partial charge >= 0.3 is 0 Å². The summed E-state index contributed by atoms with van der Waals surface area (Å²) in [5.41, 5.74) is 3.53. The molecule has 1 heterocycles. The molecule has 18 heavy (non-hydrogen) atoms. The summed E-state index contributed by atoms with van der Waals surface area (Å²) in [4.78, 5) is 4.68. The lowest BCUT2D eigenvalue weighted by atomic mass is 10.2. The molecule has 0 saturated carbocycles. The van der Waals surface area contributed by atoms with Gasteiger partial charge in [-0.25, -0.2) is 5.48 Å². The lowest BCUT2D eigenvalue weighted by Gasteiger charge is -2.03. The van der Waals surface area contributed by atoms with Gasteiger partial charge in [0, 0.05) is 0 Å². The van der Waals surface area contributed by atoms with Gasteiger partial charge < -0.3 is 14.0 Å². The standard InChI is InChI=1S/C12H14N2O4/c1-15-10-5-3-9(4-6-10)8-17-11-7-12(13-16-2)18-14-11/h3-7,13H,8H2,1-2H3. The fourth-order valence-corrected chi connectivity index (χ4v) is 1.35. The van der Waals surface area contributed by atoms with Crippen LogP contribution in [-0.4, -0.2) is 19.4 Å². The van der Waals surface area contributed by atoms with E-state index in [-0.39, 0.29) is 0 Å². The molecular weight excluding hydrogens is 236 g/mol. The van der Waals surface area contributed by atoms with Crippen LogP contribution in [0.25, 0.3) is 0 Å². The maximum absolute atomic E-state index is 5.45. The molecular formula is C12H14N2O4. The summed E-state index contributed by atoms with van der Waals surface area (Å²) >= 11 is 0. The Kier molecular flexibility index (Phi) is 4.03. The number of benzene rings is 1. The fourth-order valence-electron chi connectivity index (χ4n) is 1.35. The van der Waals surface area contributed by atoms with E-state index in [1.807, 2.05) is 24.3 Å². The number of hydrogen-bond donors (Lipinski definition) is 1. The van der Waals surface area contributed by atoms with Crippen molar-refractivity contribution in [2.45, 2.75) is 6.61 Å². The van der Waals surface area contributed by atoms with E-state index in [1.165, 1.54) is 7.11 Å². The smallest absolute Gasteiger partial charge is 0.256 e. The van der Waals surface area contributed by atoms with Gasteiger partial charge in [0.2, 0.25) is 0 Å². The topological polar surface area (TPSA) is 65.8 Å². The van der Waals surface area contributed by atoms with E-state index in [0.29, 0.717) is 18.4 Å². The van der Waals surface area contributed by atoms with Crippen molar-refractivity contribution in [1.82, 2.24) is 5.16 Å². The summed E-state index contributed by atoms with van der Waals surface area (Å²) in [6.07, 6.45) is 0. The van der Waals surface area contributed by atoms with Gasteiger partial charge in [-0.15, -0.1) is 0 Å². The molecule has 2 rings (SSSR count). The first-order valence-corrected chi connectivity index (χ1v) is 5.33. The van der Waals surface area contributed by atoms with Crippen LogP contribution in [0.3, 0.4) is 0 Å². The second-order valence-corrected chi connectivity index (χ2v) is 3.47. The number of rotatable bonds is 6. The molecule has 2 aromatic rings. The molecule has 1 N–H and O–H groups in total. The first-order chi connectivity index (χ1) is 8.81. The largest absolute Gasteiger partial charge is 0.497 e. The third-order valence-electron chi connectivity index (χ3n) is 2.24. The molecule has 0 saturated heterocycles. The van der Waals surface area contributed by atoms with Crippen LogP contribution >= 0.6 is 0 Å². The van der Waals surface area contributed by atoms with Crippen molar-refractivity contribution in [3.05, 3.63) is 35.9 Å². The lowest BCUT2D eigenvalue weighted by Crippen LogP contribution is -1.95. The highest BCUT2D eigenvalue weighted by Gasteiger charge is 2.04. The van der Waals surface area contributed by atoms with Crippen molar-refractivity contribution in [3.8, 4) is 11.6 Å². The molecule has 96 valence electrons. The zero-order valence-electron chi connectivity index (χ0n) is 10.2. The number of nitrogens with one attached hydrogen (secondary N) is 1. The number of anilines is 1. The fraction of sp³-hybridized carbons (Fsp3) is 0.250. The van der Waals surface area contributed by atoms with Crippen LogP contribution in [0.5, 0.6) is 11.6 Å². The molecule has 1 aromatic heterocycles. The summed E-state index contributed by atoms with van der Waals surface area (Å²) < 4.78 is 15.4. The summed E-state index contributed by atoms with van der Waals surface area (Å²) in [5, 5.41) is 3.72. The Labute approximate surface area is 104 Å². The lowest BCUT2D eigenvalue weighted by molar-refractivity contribution is 0.243. The van der Waals surface area contributed by atoms with Crippen LogP contribution in [0.4, 0.5) is 5.88 Å². The first kappa shape index (κ1) is 12.3. The summed E-state index contributed by atoms with van der Waals surface area (Å²) in [6, 6.07) is 9.20. The number of ether oxygens (including phenoxy) is 2. The summed E-state index contributed by atoms with van der Waals surface area (Å²) in [5.74, 6) is 1.60. The quantitative estimate of drug-likeness (QED) is 0.793. The van der Waals surface area contributed by atoms with Crippen LogP contribution in [0.1, 0.15) is 5.56 Å².